The minimum Gasteiger partial charge on any atom is -0.493 e. The Morgan fingerprint density at radius 1 is 1.33 bits per heavy atom. The second-order valence-electron chi connectivity index (χ2n) is 2.98. The molecule has 2 N–H and O–H groups in total. The molecule has 0 unspecified atom stereocenters. The average molecular weight is 207 g/mol. The van der Waals surface area contributed by atoms with Crippen LogP contribution in [0.3, 0.4) is 0 Å². The summed E-state index contributed by atoms with van der Waals surface area (Å²) in [5, 5.41) is 0. The van der Waals surface area contributed by atoms with E-state index >= 15 is 0 Å². The van der Waals surface area contributed by atoms with E-state index in [4.69, 9.17) is 15.2 Å². The van der Waals surface area contributed by atoms with Crippen molar-refractivity contribution in [1.82, 2.24) is 0 Å². The molecule has 0 aliphatic rings. The largest absolute Gasteiger partial charge is 0.493 e. The number of hydrogen-bond donors (Lipinski definition) is 1. The van der Waals surface area contributed by atoms with E-state index in [0.29, 0.717) is 13.2 Å². The normalized spacial score (nSPS) is 10.6. The Bertz CT molecular complexity index is 334. The van der Waals surface area contributed by atoms with Gasteiger partial charge in [0.2, 0.25) is 0 Å². The maximum Gasteiger partial charge on any atom is 0.161 e. The summed E-state index contributed by atoms with van der Waals surface area (Å²) in [5.41, 5.74) is 6.44. The Morgan fingerprint density at radius 2 is 2.13 bits per heavy atom. The molecule has 0 saturated carbocycles. The maximum absolute atomic E-state index is 5.41. The van der Waals surface area contributed by atoms with Crippen molar-refractivity contribution in [2.45, 2.75) is 6.92 Å². The van der Waals surface area contributed by atoms with E-state index in [1.807, 2.05) is 37.3 Å². The fraction of sp³-hybridized carbons (Fsp3) is 0.333. The van der Waals surface area contributed by atoms with Gasteiger partial charge in [0.25, 0.3) is 0 Å². The SMILES string of the molecule is CCOc1ccc(/C=C/CN)cc1OC. The molecule has 0 spiro atoms. The van der Waals surface area contributed by atoms with Gasteiger partial charge in [-0.25, -0.2) is 0 Å². The Morgan fingerprint density at radius 3 is 2.73 bits per heavy atom. The van der Waals surface area contributed by atoms with Crippen LogP contribution < -0.4 is 15.2 Å². The highest BCUT2D eigenvalue weighted by atomic mass is 16.5. The van der Waals surface area contributed by atoms with Crippen LogP contribution >= 0.6 is 0 Å². The van der Waals surface area contributed by atoms with E-state index in [-0.39, 0.29) is 0 Å². The molecule has 0 heterocycles. The van der Waals surface area contributed by atoms with Crippen LogP contribution in [0, 0.1) is 0 Å². The molecule has 15 heavy (non-hydrogen) atoms. The van der Waals surface area contributed by atoms with Crippen LogP contribution in [0.25, 0.3) is 6.08 Å². The van der Waals surface area contributed by atoms with E-state index in [9.17, 15) is 0 Å². The van der Waals surface area contributed by atoms with Gasteiger partial charge in [-0.05, 0) is 24.6 Å². The van der Waals surface area contributed by atoms with E-state index in [1.165, 1.54) is 0 Å². The summed E-state index contributed by atoms with van der Waals surface area (Å²) in [6.45, 7) is 3.12. The average Bonchev–Trinajstić information content (AvgIpc) is 2.28. The molecule has 0 amide bonds. The van der Waals surface area contributed by atoms with Crippen molar-refractivity contribution in [3.05, 3.63) is 29.8 Å². The zero-order valence-electron chi connectivity index (χ0n) is 9.19. The van der Waals surface area contributed by atoms with Crippen molar-refractivity contribution in [3.8, 4) is 11.5 Å². The van der Waals surface area contributed by atoms with Gasteiger partial charge in [-0.3, -0.25) is 0 Å². The Kier molecular flexibility index (Phi) is 4.71. The number of ether oxygens (including phenoxy) is 2. The van der Waals surface area contributed by atoms with Gasteiger partial charge in [-0.2, -0.15) is 0 Å². The smallest absolute Gasteiger partial charge is 0.161 e. The summed E-state index contributed by atoms with van der Waals surface area (Å²) in [6.07, 6.45) is 3.85. The van der Waals surface area contributed by atoms with Gasteiger partial charge in [0, 0.05) is 6.54 Å². The summed E-state index contributed by atoms with van der Waals surface area (Å²) in [6, 6.07) is 5.80. The molecule has 0 fully saturated rings. The third-order valence-corrected chi connectivity index (χ3v) is 1.93. The Hall–Kier alpha value is -1.48. The lowest BCUT2D eigenvalue weighted by atomic mass is 10.2. The molecule has 0 atom stereocenters. The molecule has 1 rings (SSSR count). The molecule has 0 aliphatic carbocycles. The lowest BCUT2D eigenvalue weighted by molar-refractivity contribution is 0.311. The fourth-order valence-corrected chi connectivity index (χ4v) is 1.27. The molecule has 0 aliphatic heterocycles. The lowest BCUT2D eigenvalue weighted by Gasteiger charge is -2.09. The molecule has 3 nitrogen and oxygen atoms in total. The fourth-order valence-electron chi connectivity index (χ4n) is 1.27. The summed E-state index contributed by atoms with van der Waals surface area (Å²) < 4.78 is 10.6. The van der Waals surface area contributed by atoms with Crippen molar-refractivity contribution < 1.29 is 9.47 Å². The first-order chi connectivity index (χ1) is 7.31. The van der Waals surface area contributed by atoms with Crippen LogP contribution in [0.2, 0.25) is 0 Å². The highest BCUT2D eigenvalue weighted by Crippen LogP contribution is 2.28. The van der Waals surface area contributed by atoms with Crippen LogP contribution in [0.15, 0.2) is 24.3 Å². The first kappa shape index (κ1) is 11.6. The van der Waals surface area contributed by atoms with E-state index in [0.717, 1.165) is 17.1 Å². The van der Waals surface area contributed by atoms with Gasteiger partial charge in [0.05, 0.1) is 13.7 Å². The third-order valence-electron chi connectivity index (χ3n) is 1.93. The topological polar surface area (TPSA) is 44.5 Å². The summed E-state index contributed by atoms with van der Waals surface area (Å²) in [4.78, 5) is 0. The number of hydrogen-bond acceptors (Lipinski definition) is 3. The van der Waals surface area contributed by atoms with Gasteiger partial charge >= 0.3 is 0 Å². The van der Waals surface area contributed by atoms with Gasteiger partial charge < -0.3 is 15.2 Å². The molecular formula is C12H17NO2. The summed E-state index contributed by atoms with van der Waals surface area (Å²) in [5.74, 6) is 1.51. The van der Waals surface area contributed by atoms with Crippen LogP contribution in [0.4, 0.5) is 0 Å². The maximum atomic E-state index is 5.41. The van der Waals surface area contributed by atoms with Gasteiger partial charge in [0.15, 0.2) is 11.5 Å². The van der Waals surface area contributed by atoms with Crippen LogP contribution in [0.1, 0.15) is 12.5 Å². The zero-order valence-corrected chi connectivity index (χ0v) is 9.19. The van der Waals surface area contributed by atoms with Crippen molar-refractivity contribution in [1.29, 1.82) is 0 Å². The molecule has 1 aromatic rings. The number of benzene rings is 1. The van der Waals surface area contributed by atoms with Crippen molar-refractivity contribution >= 4 is 6.08 Å². The van der Waals surface area contributed by atoms with Gasteiger partial charge in [-0.1, -0.05) is 18.2 Å². The summed E-state index contributed by atoms with van der Waals surface area (Å²) in [7, 11) is 1.63. The third kappa shape index (κ3) is 3.29. The van der Waals surface area contributed by atoms with Crippen molar-refractivity contribution in [2.24, 2.45) is 5.73 Å². The number of methoxy groups -OCH3 is 1. The highest BCUT2D eigenvalue weighted by Gasteiger charge is 2.03. The minimum atomic E-state index is 0.537. The Balaban J connectivity index is 2.91. The van der Waals surface area contributed by atoms with Crippen LogP contribution in [-0.4, -0.2) is 20.3 Å². The van der Waals surface area contributed by atoms with Crippen molar-refractivity contribution in [2.75, 3.05) is 20.3 Å². The Labute approximate surface area is 90.5 Å². The highest BCUT2D eigenvalue weighted by molar-refractivity contribution is 5.55. The van der Waals surface area contributed by atoms with E-state index in [2.05, 4.69) is 0 Å². The molecule has 82 valence electrons. The van der Waals surface area contributed by atoms with Gasteiger partial charge in [-0.15, -0.1) is 0 Å². The molecule has 0 saturated heterocycles. The second-order valence-corrected chi connectivity index (χ2v) is 2.98. The predicted molar refractivity (Wildman–Crippen MR) is 62.3 cm³/mol. The monoisotopic (exact) mass is 207 g/mol. The van der Waals surface area contributed by atoms with Gasteiger partial charge in [0.1, 0.15) is 0 Å². The molecule has 3 heteroatoms. The van der Waals surface area contributed by atoms with Crippen LogP contribution in [0.5, 0.6) is 11.5 Å². The quantitative estimate of drug-likeness (QED) is 0.803. The minimum absolute atomic E-state index is 0.537. The first-order valence-electron chi connectivity index (χ1n) is 4.99. The first-order valence-corrected chi connectivity index (χ1v) is 4.99. The van der Waals surface area contributed by atoms with Crippen LogP contribution in [-0.2, 0) is 0 Å². The predicted octanol–water partition coefficient (Wildman–Crippen LogP) is 2.07. The number of rotatable bonds is 5. The molecular weight excluding hydrogens is 190 g/mol. The van der Waals surface area contributed by atoms with E-state index in [1.54, 1.807) is 7.11 Å². The molecule has 0 bridgehead atoms. The summed E-state index contributed by atoms with van der Waals surface area (Å²) >= 11 is 0. The second kappa shape index (κ2) is 6.09. The lowest BCUT2D eigenvalue weighted by Crippen LogP contribution is -1.95. The molecule has 0 radical (unpaired) electrons. The van der Waals surface area contributed by atoms with Crippen molar-refractivity contribution in [3.63, 3.8) is 0 Å². The zero-order chi connectivity index (χ0) is 11.1. The number of nitrogens with two attached hydrogens (primary N) is 1. The standard InChI is InChI=1S/C12H17NO2/c1-3-15-11-7-6-10(5-4-8-13)9-12(11)14-2/h4-7,9H,3,8,13H2,1-2H3/b5-4+. The van der Waals surface area contributed by atoms with E-state index < -0.39 is 0 Å². The molecule has 1 aromatic carbocycles. The molecule has 0 aromatic heterocycles.